The normalized spacial score (nSPS) is 9.44. The van der Waals surface area contributed by atoms with Crippen LogP contribution in [0.1, 0.15) is 0 Å². The molecule has 0 saturated carbocycles. The lowest BCUT2D eigenvalue weighted by molar-refractivity contribution is 1.34. The van der Waals surface area contributed by atoms with E-state index in [9.17, 15) is 0 Å². The van der Waals surface area contributed by atoms with E-state index in [1.54, 1.807) is 6.20 Å². The Morgan fingerprint density at radius 1 is 1.67 bits per heavy atom. The van der Waals surface area contributed by atoms with Crippen LogP contribution in [0.25, 0.3) is 0 Å². The van der Waals surface area contributed by atoms with E-state index in [0.717, 1.165) is 9.03 Å². The van der Waals surface area contributed by atoms with Crippen molar-refractivity contribution in [2.75, 3.05) is 5.73 Å². The van der Waals surface area contributed by atoms with Crippen LogP contribution in [0.3, 0.4) is 0 Å². The lowest BCUT2D eigenvalue weighted by atomic mass is 9.99. The highest BCUT2D eigenvalue weighted by atomic mass is 127. The van der Waals surface area contributed by atoms with E-state index in [1.807, 2.05) is 13.9 Å². The highest BCUT2D eigenvalue weighted by Gasteiger charge is 1.93. The molecule has 1 aromatic heterocycles. The Bertz CT molecular complexity index is 226. The molecule has 0 aliphatic heterocycles. The van der Waals surface area contributed by atoms with E-state index in [4.69, 9.17) is 5.73 Å². The maximum atomic E-state index is 5.47. The zero-order chi connectivity index (χ0) is 6.85. The van der Waals surface area contributed by atoms with Crippen LogP contribution >= 0.6 is 22.6 Å². The van der Waals surface area contributed by atoms with Gasteiger partial charge < -0.3 is 5.73 Å². The molecule has 0 saturated heterocycles. The minimum absolute atomic E-state index is 0.612. The van der Waals surface area contributed by atoms with Gasteiger partial charge in [0.1, 0.15) is 13.7 Å². The van der Waals surface area contributed by atoms with Gasteiger partial charge in [0.2, 0.25) is 0 Å². The van der Waals surface area contributed by atoms with Gasteiger partial charge in [-0.15, -0.1) is 0 Å². The van der Waals surface area contributed by atoms with Gasteiger partial charge in [0.05, 0.1) is 3.57 Å². The quantitative estimate of drug-likeness (QED) is 0.484. The van der Waals surface area contributed by atoms with Crippen molar-refractivity contribution in [3.63, 3.8) is 0 Å². The first kappa shape index (κ1) is 6.86. The summed E-state index contributed by atoms with van der Waals surface area (Å²) in [4.78, 5) is 3.95. The van der Waals surface area contributed by atoms with Crippen molar-refractivity contribution in [3.05, 3.63) is 15.8 Å². The van der Waals surface area contributed by atoms with Gasteiger partial charge in [0.25, 0.3) is 0 Å². The Labute approximate surface area is 68.4 Å². The molecule has 4 heteroatoms. The maximum absolute atomic E-state index is 5.47. The van der Waals surface area contributed by atoms with Crippen molar-refractivity contribution in [1.29, 1.82) is 0 Å². The molecule has 0 fully saturated rings. The van der Waals surface area contributed by atoms with Gasteiger partial charge in [-0.2, -0.15) is 0 Å². The van der Waals surface area contributed by atoms with Crippen LogP contribution in [0.2, 0.25) is 0 Å². The maximum Gasteiger partial charge on any atom is 0.141 e. The van der Waals surface area contributed by atoms with Gasteiger partial charge in [0.15, 0.2) is 0 Å². The monoisotopic (exact) mass is 232 g/mol. The minimum atomic E-state index is 0.612. The first-order valence-electron chi connectivity index (χ1n) is 2.58. The number of hydrogen-bond donors (Lipinski definition) is 1. The second-order valence-corrected chi connectivity index (χ2v) is 3.04. The number of aromatic nitrogens is 1. The van der Waals surface area contributed by atoms with E-state index in [0.29, 0.717) is 5.82 Å². The summed E-state index contributed by atoms with van der Waals surface area (Å²) >= 11 is 2.16. The third kappa shape index (κ3) is 1.57. The number of pyridine rings is 1. The number of hydrogen-bond acceptors (Lipinski definition) is 2. The molecule has 1 aromatic rings. The lowest BCUT2D eigenvalue weighted by Crippen LogP contribution is -2.06. The van der Waals surface area contributed by atoms with Crippen molar-refractivity contribution in [2.45, 2.75) is 0 Å². The predicted molar refractivity (Wildman–Crippen MR) is 49.5 cm³/mol. The Morgan fingerprint density at radius 3 is 2.78 bits per heavy atom. The van der Waals surface area contributed by atoms with Gasteiger partial charge in [-0.1, -0.05) is 5.46 Å². The molecule has 0 bridgehead atoms. The SMILES string of the molecule is Bc1cnc(N)c(I)c1. The van der Waals surface area contributed by atoms with Gasteiger partial charge in [-0.25, -0.2) is 4.98 Å². The summed E-state index contributed by atoms with van der Waals surface area (Å²) in [6.07, 6.45) is 1.76. The topological polar surface area (TPSA) is 38.9 Å². The molecule has 0 aliphatic carbocycles. The van der Waals surface area contributed by atoms with Crippen molar-refractivity contribution >= 4 is 41.7 Å². The van der Waals surface area contributed by atoms with Crippen molar-refractivity contribution in [1.82, 2.24) is 4.98 Å². The van der Waals surface area contributed by atoms with Crippen LogP contribution in [-0.2, 0) is 0 Å². The fourth-order valence-corrected chi connectivity index (χ4v) is 1.17. The van der Waals surface area contributed by atoms with Gasteiger partial charge in [0, 0.05) is 6.20 Å². The average Bonchev–Trinajstić information content (AvgIpc) is 1.80. The minimum Gasteiger partial charge on any atom is -0.383 e. The van der Waals surface area contributed by atoms with E-state index < -0.39 is 0 Å². The molecule has 0 amide bonds. The number of nitrogens with two attached hydrogens (primary N) is 1. The molecule has 0 aliphatic rings. The van der Waals surface area contributed by atoms with Crippen LogP contribution in [0, 0.1) is 3.57 Å². The number of halogens is 1. The lowest BCUT2D eigenvalue weighted by Gasteiger charge is -1.95. The second-order valence-electron chi connectivity index (χ2n) is 1.88. The number of nitrogens with zero attached hydrogens (tertiary/aromatic N) is 1. The second kappa shape index (κ2) is 2.55. The zero-order valence-electron chi connectivity index (χ0n) is 5.06. The zero-order valence-corrected chi connectivity index (χ0v) is 7.21. The highest BCUT2D eigenvalue weighted by Crippen LogP contribution is 2.07. The molecule has 1 heterocycles. The summed E-state index contributed by atoms with van der Waals surface area (Å²) in [5, 5.41) is 0. The Kier molecular flexibility index (Phi) is 1.95. The summed E-state index contributed by atoms with van der Waals surface area (Å²) in [5.41, 5.74) is 6.62. The molecular formula is C5H6BIN2. The van der Waals surface area contributed by atoms with E-state index in [1.165, 1.54) is 0 Å². The molecular weight excluding hydrogens is 226 g/mol. The molecule has 9 heavy (non-hydrogen) atoms. The van der Waals surface area contributed by atoms with Gasteiger partial charge in [-0.05, 0) is 28.7 Å². The summed E-state index contributed by atoms with van der Waals surface area (Å²) in [6, 6.07) is 2.00. The predicted octanol–water partition coefficient (Wildman–Crippen LogP) is -0.473. The summed E-state index contributed by atoms with van der Waals surface area (Å²) in [6.45, 7) is 0. The van der Waals surface area contributed by atoms with Crippen LogP contribution in [0.15, 0.2) is 12.3 Å². The number of anilines is 1. The molecule has 2 nitrogen and oxygen atoms in total. The van der Waals surface area contributed by atoms with E-state index in [-0.39, 0.29) is 0 Å². The summed E-state index contributed by atoms with van der Waals surface area (Å²) in [5.74, 6) is 0.612. The Hall–Kier alpha value is -0.255. The highest BCUT2D eigenvalue weighted by molar-refractivity contribution is 14.1. The average molecular weight is 232 g/mol. The third-order valence-electron chi connectivity index (χ3n) is 1.01. The molecule has 0 radical (unpaired) electrons. The first-order valence-corrected chi connectivity index (χ1v) is 3.65. The van der Waals surface area contributed by atoms with E-state index in [2.05, 4.69) is 27.6 Å². The van der Waals surface area contributed by atoms with Crippen LogP contribution in [0.5, 0.6) is 0 Å². The fourth-order valence-electron chi connectivity index (χ4n) is 0.544. The fraction of sp³-hybridized carbons (Fsp3) is 0. The van der Waals surface area contributed by atoms with Gasteiger partial charge >= 0.3 is 0 Å². The molecule has 1 rings (SSSR count). The summed E-state index contributed by atoms with van der Waals surface area (Å²) < 4.78 is 1.02. The van der Waals surface area contributed by atoms with Crippen LogP contribution in [0.4, 0.5) is 5.82 Å². The molecule has 2 N–H and O–H groups in total. The number of nitrogen functional groups attached to an aromatic ring is 1. The Balaban J connectivity index is 3.17. The van der Waals surface area contributed by atoms with Crippen LogP contribution in [-0.4, -0.2) is 12.8 Å². The molecule has 0 unspecified atom stereocenters. The van der Waals surface area contributed by atoms with Crippen molar-refractivity contribution in [2.24, 2.45) is 0 Å². The smallest absolute Gasteiger partial charge is 0.141 e. The number of rotatable bonds is 0. The molecule has 0 spiro atoms. The van der Waals surface area contributed by atoms with Crippen molar-refractivity contribution < 1.29 is 0 Å². The van der Waals surface area contributed by atoms with Gasteiger partial charge in [-0.3, -0.25) is 0 Å². The van der Waals surface area contributed by atoms with Crippen LogP contribution < -0.4 is 11.2 Å². The third-order valence-corrected chi connectivity index (χ3v) is 1.87. The molecule has 46 valence electrons. The van der Waals surface area contributed by atoms with E-state index >= 15 is 0 Å². The molecule has 0 atom stereocenters. The standard InChI is InChI=1S/C5H6BIN2/c6-3-1-4(7)5(8)9-2-3/h1-2H,6H2,(H2,8,9). The summed E-state index contributed by atoms with van der Waals surface area (Å²) in [7, 11) is 1.99. The molecule has 0 aromatic carbocycles. The first-order chi connectivity index (χ1) is 4.20. The Morgan fingerprint density at radius 2 is 2.33 bits per heavy atom. The van der Waals surface area contributed by atoms with Crippen molar-refractivity contribution in [3.8, 4) is 0 Å². The largest absolute Gasteiger partial charge is 0.383 e.